The van der Waals surface area contributed by atoms with Crippen molar-refractivity contribution in [1.82, 2.24) is 9.97 Å². The number of pyridine rings is 1. The van der Waals surface area contributed by atoms with Gasteiger partial charge in [-0.25, -0.2) is 4.98 Å². The van der Waals surface area contributed by atoms with Crippen LogP contribution in [0.2, 0.25) is 0 Å². The minimum Gasteiger partial charge on any atom is -0.497 e. The summed E-state index contributed by atoms with van der Waals surface area (Å²) in [4.78, 5) is 25.3. The number of nitrogens with zero attached hydrogens (tertiary/aromatic N) is 3. The molecule has 1 amide bonds. The van der Waals surface area contributed by atoms with Crippen molar-refractivity contribution in [3.63, 3.8) is 0 Å². The van der Waals surface area contributed by atoms with Crippen LogP contribution >= 0.6 is 23.1 Å². The standard InChI is InChI=1S/C24H23N3O2S2/c1-16-7-12-21-23(17(16)2)26-24(31-21)27(14-18-6-4-5-13-25-18)22(28)15-30-20-10-8-19(29-3)9-11-20/h4-13H,14-15H2,1-3H3. The van der Waals surface area contributed by atoms with Gasteiger partial charge in [-0.2, -0.15) is 0 Å². The number of carbonyl (C=O) groups is 1. The van der Waals surface area contributed by atoms with Crippen LogP contribution in [0.1, 0.15) is 16.8 Å². The fraction of sp³-hybridized carbons (Fsp3) is 0.208. The van der Waals surface area contributed by atoms with Gasteiger partial charge in [0.2, 0.25) is 5.91 Å². The Morgan fingerprint density at radius 2 is 1.90 bits per heavy atom. The first kappa shape index (κ1) is 21.3. The average molecular weight is 450 g/mol. The third kappa shape index (κ3) is 4.89. The quantitative estimate of drug-likeness (QED) is 0.342. The zero-order valence-corrected chi connectivity index (χ0v) is 19.3. The number of thioether (sulfide) groups is 1. The fourth-order valence-electron chi connectivity index (χ4n) is 3.14. The average Bonchev–Trinajstić information content (AvgIpc) is 3.24. The molecule has 0 fully saturated rings. The number of carbonyl (C=O) groups excluding carboxylic acids is 1. The molecule has 0 saturated carbocycles. The number of aromatic nitrogens is 2. The molecule has 2 aromatic heterocycles. The maximum Gasteiger partial charge on any atom is 0.239 e. The normalized spacial score (nSPS) is 10.9. The Morgan fingerprint density at radius 3 is 2.61 bits per heavy atom. The van der Waals surface area contributed by atoms with Gasteiger partial charge in [-0.3, -0.25) is 14.7 Å². The Kier molecular flexibility index (Phi) is 6.53. The summed E-state index contributed by atoms with van der Waals surface area (Å²) in [6.07, 6.45) is 1.75. The molecular weight excluding hydrogens is 426 g/mol. The number of benzene rings is 2. The molecule has 0 aliphatic rings. The summed E-state index contributed by atoms with van der Waals surface area (Å²) in [7, 11) is 1.64. The molecule has 0 atom stereocenters. The highest BCUT2D eigenvalue weighted by molar-refractivity contribution is 8.00. The number of rotatable bonds is 7. The summed E-state index contributed by atoms with van der Waals surface area (Å²) in [5.41, 5.74) is 4.14. The van der Waals surface area contributed by atoms with Crippen molar-refractivity contribution >= 4 is 44.4 Å². The van der Waals surface area contributed by atoms with Crippen LogP contribution in [0.5, 0.6) is 5.75 Å². The van der Waals surface area contributed by atoms with Crippen LogP contribution in [0, 0.1) is 13.8 Å². The van der Waals surface area contributed by atoms with Crippen molar-refractivity contribution in [3.8, 4) is 5.75 Å². The van der Waals surface area contributed by atoms with Crippen molar-refractivity contribution in [2.45, 2.75) is 25.3 Å². The van der Waals surface area contributed by atoms with E-state index >= 15 is 0 Å². The van der Waals surface area contributed by atoms with Gasteiger partial charge in [0.25, 0.3) is 0 Å². The number of ether oxygens (including phenoxy) is 1. The molecule has 2 heterocycles. The van der Waals surface area contributed by atoms with Gasteiger partial charge in [-0.15, -0.1) is 11.8 Å². The van der Waals surface area contributed by atoms with Crippen LogP contribution in [-0.2, 0) is 11.3 Å². The number of fused-ring (bicyclic) bond motifs is 1. The van der Waals surface area contributed by atoms with Gasteiger partial charge in [0, 0.05) is 11.1 Å². The SMILES string of the molecule is COc1ccc(SCC(=O)N(Cc2ccccn2)c2nc3c(C)c(C)ccc3s2)cc1. The molecule has 0 bridgehead atoms. The lowest BCUT2D eigenvalue weighted by Gasteiger charge is -2.19. The molecule has 4 rings (SSSR count). The first-order chi connectivity index (χ1) is 15.0. The summed E-state index contributed by atoms with van der Waals surface area (Å²) in [5, 5.41) is 0.703. The van der Waals surface area contributed by atoms with Crippen molar-refractivity contribution in [1.29, 1.82) is 0 Å². The highest BCUT2D eigenvalue weighted by Crippen LogP contribution is 2.33. The molecule has 0 spiro atoms. The van der Waals surface area contributed by atoms with Crippen molar-refractivity contribution < 1.29 is 9.53 Å². The molecule has 0 saturated heterocycles. The Labute approximate surface area is 190 Å². The van der Waals surface area contributed by atoms with E-state index in [1.165, 1.54) is 17.3 Å². The van der Waals surface area contributed by atoms with Gasteiger partial charge < -0.3 is 4.74 Å². The van der Waals surface area contributed by atoms with Crippen LogP contribution in [0.15, 0.2) is 65.7 Å². The molecule has 158 valence electrons. The van der Waals surface area contributed by atoms with Crippen LogP contribution in [0.4, 0.5) is 5.13 Å². The number of aryl methyl sites for hydroxylation is 2. The van der Waals surface area contributed by atoms with Crippen molar-refractivity contribution in [3.05, 3.63) is 77.6 Å². The molecule has 5 nitrogen and oxygen atoms in total. The third-order valence-corrected chi connectivity index (χ3v) is 7.11. The summed E-state index contributed by atoms with van der Waals surface area (Å²) in [5.74, 6) is 1.11. The highest BCUT2D eigenvalue weighted by Gasteiger charge is 2.21. The number of hydrogen-bond acceptors (Lipinski definition) is 6. The lowest BCUT2D eigenvalue weighted by atomic mass is 10.1. The monoisotopic (exact) mass is 449 g/mol. The zero-order valence-electron chi connectivity index (χ0n) is 17.7. The maximum absolute atomic E-state index is 13.3. The maximum atomic E-state index is 13.3. The Morgan fingerprint density at radius 1 is 1.10 bits per heavy atom. The smallest absolute Gasteiger partial charge is 0.239 e. The van der Waals surface area contributed by atoms with Crippen LogP contribution in [-0.4, -0.2) is 28.7 Å². The van der Waals surface area contributed by atoms with Crippen LogP contribution < -0.4 is 9.64 Å². The second-order valence-electron chi connectivity index (χ2n) is 7.12. The minimum absolute atomic E-state index is 0.0000905. The van der Waals surface area contributed by atoms with Gasteiger partial charge in [0.15, 0.2) is 5.13 Å². The second kappa shape index (κ2) is 9.49. The molecule has 0 N–H and O–H groups in total. The van der Waals surface area contributed by atoms with Crippen LogP contribution in [0.3, 0.4) is 0 Å². The van der Waals surface area contributed by atoms with Gasteiger partial charge in [0.05, 0.1) is 35.3 Å². The molecule has 7 heteroatoms. The van der Waals surface area contributed by atoms with E-state index in [-0.39, 0.29) is 5.91 Å². The van der Waals surface area contributed by atoms with E-state index in [0.29, 0.717) is 17.4 Å². The number of thiazole rings is 1. The Balaban J connectivity index is 1.60. The Bertz CT molecular complexity index is 1190. The largest absolute Gasteiger partial charge is 0.497 e. The molecule has 2 aromatic carbocycles. The zero-order chi connectivity index (χ0) is 21.8. The molecule has 0 aliphatic heterocycles. The predicted molar refractivity (Wildman–Crippen MR) is 128 cm³/mol. The topological polar surface area (TPSA) is 55.3 Å². The van der Waals surface area contributed by atoms with Gasteiger partial charge in [0.1, 0.15) is 5.75 Å². The van der Waals surface area contributed by atoms with Gasteiger partial charge in [-0.1, -0.05) is 23.5 Å². The number of anilines is 1. The van der Waals surface area contributed by atoms with Crippen LogP contribution in [0.25, 0.3) is 10.2 Å². The molecule has 0 unspecified atom stereocenters. The second-order valence-corrected chi connectivity index (χ2v) is 9.17. The van der Waals surface area contributed by atoms with E-state index in [9.17, 15) is 4.79 Å². The van der Waals surface area contributed by atoms with E-state index < -0.39 is 0 Å². The number of methoxy groups -OCH3 is 1. The van der Waals surface area contributed by atoms with Crippen molar-refractivity contribution in [2.75, 3.05) is 17.8 Å². The third-order valence-electron chi connectivity index (χ3n) is 5.07. The first-order valence-corrected chi connectivity index (χ1v) is 11.7. The van der Waals surface area contributed by atoms with Gasteiger partial charge >= 0.3 is 0 Å². The van der Waals surface area contributed by atoms with Crippen molar-refractivity contribution in [2.24, 2.45) is 0 Å². The lowest BCUT2D eigenvalue weighted by Crippen LogP contribution is -2.32. The summed E-state index contributed by atoms with van der Waals surface area (Å²) >= 11 is 3.05. The number of hydrogen-bond donors (Lipinski definition) is 0. The Hall–Kier alpha value is -2.90. The fourth-order valence-corrected chi connectivity index (χ4v) is 4.96. The molecule has 0 aliphatic carbocycles. The van der Waals surface area contributed by atoms with E-state index in [2.05, 4.69) is 31.0 Å². The van der Waals surface area contributed by atoms with E-state index in [4.69, 9.17) is 9.72 Å². The summed E-state index contributed by atoms with van der Waals surface area (Å²) in [6, 6.07) is 17.6. The van der Waals surface area contributed by atoms with Gasteiger partial charge in [-0.05, 0) is 67.4 Å². The van der Waals surface area contributed by atoms with E-state index in [1.807, 2.05) is 42.5 Å². The first-order valence-electron chi connectivity index (χ1n) is 9.89. The predicted octanol–water partition coefficient (Wildman–Crippen LogP) is 5.64. The molecule has 4 aromatic rings. The highest BCUT2D eigenvalue weighted by atomic mass is 32.2. The lowest BCUT2D eigenvalue weighted by molar-refractivity contribution is -0.116. The molecular formula is C24H23N3O2S2. The molecule has 0 radical (unpaired) electrons. The van der Waals surface area contributed by atoms with E-state index in [1.54, 1.807) is 29.5 Å². The summed E-state index contributed by atoms with van der Waals surface area (Å²) < 4.78 is 6.29. The van der Waals surface area contributed by atoms with E-state index in [0.717, 1.165) is 32.1 Å². The number of amides is 1. The minimum atomic E-state index is -0.0000905. The molecule has 31 heavy (non-hydrogen) atoms. The summed E-state index contributed by atoms with van der Waals surface area (Å²) in [6.45, 7) is 4.54.